The van der Waals surface area contributed by atoms with Crippen LogP contribution in [0.15, 0.2) is 42.7 Å². The molecule has 4 rings (SSSR count). The molecule has 0 atom stereocenters. The predicted molar refractivity (Wildman–Crippen MR) is 97.1 cm³/mol. The average Bonchev–Trinajstić information content (AvgIpc) is 2.89. The number of nitrogens with one attached hydrogen (secondary N) is 1. The molecular weight excluding hydrogens is 298 g/mol. The van der Waals surface area contributed by atoms with Crippen LogP contribution in [-0.4, -0.2) is 19.5 Å². The van der Waals surface area contributed by atoms with Gasteiger partial charge in [-0.3, -0.25) is 0 Å². The van der Waals surface area contributed by atoms with Gasteiger partial charge in [0.1, 0.15) is 18.0 Å². The van der Waals surface area contributed by atoms with E-state index in [0.717, 1.165) is 39.1 Å². The van der Waals surface area contributed by atoms with Crippen LogP contribution in [0.1, 0.15) is 17.0 Å². The van der Waals surface area contributed by atoms with Crippen molar-refractivity contribution in [2.75, 3.05) is 5.32 Å². The Bertz CT molecular complexity index is 1050. The molecule has 0 spiro atoms. The van der Waals surface area contributed by atoms with E-state index in [0.29, 0.717) is 6.54 Å². The van der Waals surface area contributed by atoms with Gasteiger partial charge in [0.25, 0.3) is 0 Å². The number of anilines is 1. The number of para-hydroxylation sites is 1. The Kier molecular flexibility index (Phi) is 3.41. The minimum absolute atomic E-state index is 0.615. The molecule has 2 aromatic heterocycles. The second-order valence-electron chi connectivity index (χ2n) is 6.13. The largest absolute Gasteiger partial charge is 0.362 e. The van der Waals surface area contributed by atoms with Crippen molar-refractivity contribution in [2.45, 2.75) is 20.4 Å². The number of aryl methyl sites for hydroxylation is 3. The monoisotopic (exact) mass is 317 g/mol. The Labute approximate surface area is 140 Å². The minimum atomic E-state index is 0.615. The van der Waals surface area contributed by atoms with E-state index >= 15 is 0 Å². The van der Waals surface area contributed by atoms with Gasteiger partial charge in [0.05, 0.1) is 23.1 Å². The summed E-state index contributed by atoms with van der Waals surface area (Å²) in [5.74, 6) is 1.82. The van der Waals surface area contributed by atoms with Crippen LogP contribution in [0.25, 0.3) is 21.9 Å². The van der Waals surface area contributed by atoms with Crippen molar-refractivity contribution in [3.05, 3.63) is 59.7 Å². The van der Waals surface area contributed by atoms with Gasteiger partial charge in [0, 0.05) is 12.4 Å². The fourth-order valence-electron chi connectivity index (χ4n) is 3.06. The number of fused-ring (bicyclic) bond motifs is 2. The first-order valence-electron chi connectivity index (χ1n) is 7.99. The van der Waals surface area contributed by atoms with E-state index in [1.807, 2.05) is 19.2 Å². The van der Waals surface area contributed by atoms with Gasteiger partial charge in [0.15, 0.2) is 0 Å². The maximum atomic E-state index is 4.74. The molecule has 0 saturated heterocycles. The van der Waals surface area contributed by atoms with Crippen molar-refractivity contribution in [3.63, 3.8) is 0 Å². The quantitative estimate of drug-likeness (QED) is 0.625. The molecule has 0 aliphatic heterocycles. The summed E-state index contributed by atoms with van der Waals surface area (Å²) in [6.45, 7) is 4.76. The molecule has 0 saturated carbocycles. The van der Waals surface area contributed by atoms with Gasteiger partial charge < -0.3 is 9.88 Å². The van der Waals surface area contributed by atoms with E-state index < -0.39 is 0 Å². The number of hydrogen-bond acceptors (Lipinski definition) is 4. The molecular formula is C19H19N5. The number of hydrogen-bond donors (Lipinski definition) is 1. The summed E-state index contributed by atoms with van der Waals surface area (Å²) >= 11 is 0. The summed E-state index contributed by atoms with van der Waals surface area (Å²) in [6.07, 6.45) is 1.61. The summed E-state index contributed by atoms with van der Waals surface area (Å²) in [5.41, 5.74) is 5.52. The highest BCUT2D eigenvalue weighted by Gasteiger charge is 2.10. The fraction of sp³-hybridized carbons (Fsp3) is 0.211. The Balaban J connectivity index is 1.68. The van der Waals surface area contributed by atoms with Gasteiger partial charge in [0.2, 0.25) is 0 Å². The van der Waals surface area contributed by atoms with Gasteiger partial charge in [-0.15, -0.1) is 0 Å². The van der Waals surface area contributed by atoms with Crippen molar-refractivity contribution in [1.29, 1.82) is 0 Å². The van der Waals surface area contributed by atoms with E-state index in [9.17, 15) is 0 Å². The van der Waals surface area contributed by atoms with Crippen LogP contribution in [0.5, 0.6) is 0 Å². The number of imidazole rings is 1. The molecule has 2 aromatic carbocycles. The average molecular weight is 317 g/mol. The van der Waals surface area contributed by atoms with Crippen LogP contribution >= 0.6 is 0 Å². The first-order chi connectivity index (χ1) is 11.6. The summed E-state index contributed by atoms with van der Waals surface area (Å²) in [5, 5.41) is 4.45. The number of benzene rings is 2. The van der Waals surface area contributed by atoms with Crippen LogP contribution in [0, 0.1) is 13.8 Å². The molecule has 0 fully saturated rings. The Morgan fingerprint density at radius 2 is 1.96 bits per heavy atom. The van der Waals surface area contributed by atoms with Crippen LogP contribution < -0.4 is 5.32 Å². The van der Waals surface area contributed by atoms with E-state index in [4.69, 9.17) is 4.98 Å². The number of rotatable bonds is 3. The zero-order valence-electron chi connectivity index (χ0n) is 14.0. The van der Waals surface area contributed by atoms with E-state index in [-0.39, 0.29) is 0 Å². The number of nitrogens with zero attached hydrogens (tertiary/aromatic N) is 4. The molecule has 4 aromatic rings. The first kappa shape index (κ1) is 14.6. The topological polar surface area (TPSA) is 55.6 Å². The lowest BCUT2D eigenvalue weighted by atomic mass is 10.1. The molecule has 1 N–H and O–H groups in total. The maximum Gasteiger partial charge on any atom is 0.137 e. The van der Waals surface area contributed by atoms with E-state index in [1.165, 1.54) is 5.56 Å². The SMILES string of the molecule is Cc1ccc2c(c1)nc(CNc1ncnc3c(C)cccc13)n2C. The van der Waals surface area contributed by atoms with Gasteiger partial charge in [-0.2, -0.15) is 0 Å². The molecule has 0 aliphatic rings. The Morgan fingerprint density at radius 1 is 1.08 bits per heavy atom. The molecule has 0 amide bonds. The summed E-state index contributed by atoms with van der Waals surface area (Å²) in [6, 6.07) is 12.5. The van der Waals surface area contributed by atoms with Gasteiger partial charge in [-0.25, -0.2) is 15.0 Å². The third-order valence-corrected chi connectivity index (χ3v) is 4.41. The Hall–Kier alpha value is -2.95. The standard InChI is InChI=1S/C19H19N5/c1-12-7-8-16-15(9-12)23-17(24(16)3)10-20-19-14-6-4-5-13(2)18(14)21-11-22-19/h4-9,11H,10H2,1-3H3,(H,20,21,22). The molecule has 5 nitrogen and oxygen atoms in total. The predicted octanol–water partition coefficient (Wildman–Crippen LogP) is 3.75. The molecule has 120 valence electrons. The number of aromatic nitrogens is 4. The smallest absolute Gasteiger partial charge is 0.137 e. The molecule has 5 heteroatoms. The third kappa shape index (κ3) is 2.38. The van der Waals surface area contributed by atoms with Gasteiger partial charge in [-0.05, 0) is 43.2 Å². The normalized spacial score (nSPS) is 11.3. The lowest BCUT2D eigenvalue weighted by molar-refractivity contribution is 0.832. The zero-order valence-corrected chi connectivity index (χ0v) is 14.0. The first-order valence-corrected chi connectivity index (χ1v) is 7.99. The molecule has 0 unspecified atom stereocenters. The van der Waals surface area contributed by atoms with Crippen LogP contribution in [-0.2, 0) is 13.6 Å². The van der Waals surface area contributed by atoms with Crippen molar-refractivity contribution in [2.24, 2.45) is 7.05 Å². The molecule has 0 aliphatic carbocycles. The molecule has 2 heterocycles. The molecule has 0 radical (unpaired) electrons. The highest BCUT2D eigenvalue weighted by atomic mass is 15.1. The van der Waals surface area contributed by atoms with Crippen molar-refractivity contribution >= 4 is 27.8 Å². The van der Waals surface area contributed by atoms with Crippen LogP contribution in [0.2, 0.25) is 0 Å². The van der Waals surface area contributed by atoms with Crippen molar-refractivity contribution < 1.29 is 0 Å². The third-order valence-electron chi connectivity index (χ3n) is 4.41. The van der Waals surface area contributed by atoms with Gasteiger partial charge in [-0.1, -0.05) is 18.2 Å². The van der Waals surface area contributed by atoms with Crippen molar-refractivity contribution in [1.82, 2.24) is 19.5 Å². The van der Waals surface area contributed by atoms with E-state index in [1.54, 1.807) is 6.33 Å². The van der Waals surface area contributed by atoms with Gasteiger partial charge >= 0.3 is 0 Å². The van der Waals surface area contributed by atoms with E-state index in [2.05, 4.69) is 58.0 Å². The highest BCUT2D eigenvalue weighted by molar-refractivity contribution is 5.90. The summed E-state index contributed by atoms with van der Waals surface area (Å²) in [7, 11) is 2.05. The lowest BCUT2D eigenvalue weighted by Crippen LogP contribution is -2.07. The maximum absolute atomic E-state index is 4.74. The van der Waals surface area contributed by atoms with Crippen molar-refractivity contribution in [3.8, 4) is 0 Å². The lowest BCUT2D eigenvalue weighted by Gasteiger charge is -2.09. The van der Waals surface area contributed by atoms with Crippen LogP contribution in [0.4, 0.5) is 5.82 Å². The van der Waals surface area contributed by atoms with Crippen LogP contribution in [0.3, 0.4) is 0 Å². The molecule has 24 heavy (non-hydrogen) atoms. The molecule has 0 bridgehead atoms. The fourth-order valence-corrected chi connectivity index (χ4v) is 3.06. The highest BCUT2D eigenvalue weighted by Crippen LogP contribution is 2.23. The zero-order chi connectivity index (χ0) is 16.7. The second-order valence-corrected chi connectivity index (χ2v) is 6.13. The summed E-state index contributed by atoms with van der Waals surface area (Å²) in [4.78, 5) is 13.5. The second kappa shape index (κ2) is 5.60. The summed E-state index contributed by atoms with van der Waals surface area (Å²) < 4.78 is 2.12. The minimum Gasteiger partial charge on any atom is -0.362 e. The Morgan fingerprint density at radius 3 is 2.83 bits per heavy atom.